The standard InChI is InChI=1S/C16H24ClNO3/c17-14-4-6-16(7-5-14)21-11-10-20-13-15(19)12-18-8-2-1-3-9-18/h4-7,15,19H,1-3,8-13H2/t15-/m1/s1. The fourth-order valence-electron chi connectivity index (χ4n) is 2.46. The van der Waals surface area contributed by atoms with E-state index < -0.39 is 6.10 Å². The molecule has 2 rings (SSSR count). The predicted octanol–water partition coefficient (Wildman–Crippen LogP) is 2.58. The number of β-amino-alcohol motifs (C(OH)–C–C–N with tert-alkyl or cyclic N) is 1. The molecule has 0 saturated carbocycles. The molecule has 0 spiro atoms. The van der Waals surface area contributed by atoms with Gasteiger partial charge in [-0.25, -0.2) is 0 Å². The Balaban J connectivity index is 1.51. The van der Waals surface area contributed by atoms with Gasteiger partial charge in [0, 0.05) is 11.6 Å². The third kappa shape index (κ3) is 6.66. The molecule has 0 radical (unpaired) electrons. The van der Waals surface area contributed by atoms with Crippen LogP contribution in [0, 0.1) is 0 Å². The van der Waals surface area contributed by atoms with E-state index in [0.29, 0.717) is 31.4 Å². The highest BCUT2D eigenvalue weighted by Gasteiger charge is 2.14. The van der Waals surface area contributed by atoms with Crippen LogP contribution in [-0.4, -0.2) is 55.6 Å². The second-order valence-electron chi connectivity index (χ2n) is 5.39. The molecule has 5 heteroatoms. The van der Waals surface area contributed by atoms with E-state index in [2.05, 4.69) is 4.90 Å². The maximum Gasteiger partial charge on any atom is 0.119 e. The summed E-state index contributed by atoms with van der Waals surface area (Å²) < 4.78 is 11.0. The molecule has 1 aliphatic heterocycles. The lowest BCUT2D eigenvalue weighted by Crippen LogP contribution is -2.38. The molecule has 1 saturated heterocycles. The van der Waals surface area contributed by atoms with Crippen LogP contribution in [0.3, 0.4) is 0 Å². The van der Waals surface area contributed by atoms with Crippen LogP contribution in [0.2, 0.25) is 5.02 Å². The number of hydrogen-bond acceptors (Lipinski definition) is 4. The Morgan fingerprint density at radius 1 is 1.10 bits per heavy atom. The molecule has 4 nitrogen and oxygen atoms in total. The zero-order valence-electron chi connectivity index (χ0n) is 12.3. The van der Waals surface area contributed by atoms with E-state index in [-0.39, 0.29) is 0 Å². The molecule has 118 valence electrons. The lowest BCUT2D eigenvalue weighted by molar-refractivity contribution is 0.00533. The molecular formula is C16H24ClNO3. The van der Waals surface area contributed by atoms with Gasteiger partial charge in [0.05, 0.1) is 19.3 Å². The van der Waals surface area contributed by atoms with Gasteiger partial charge in [-0.3, -0.25) is 0 Å². The number of piperidine rings is 1. The average Bonchev–Trinajstić information content (AvgIpc) is 2.50. The first kappa shape index (κ1) is 16.6. The van der Waals surface area contributed by atoms with Crippen LogP contribution >= 0.6 is 11.6 Å². The van der Waals surface area contributed by atoms with E-state index in [0.717, 1.165) is 18.8 Å². The number of benzene rings is 1. The molecule has 1 heterocycles. The second-order valence-corrected chi connectivity index (χ2v) is 5.83. The number of ether oxygens (including phenoxy) is 2. The van der Waals surface area contributed by atoms with E-state index in [1.165, 1.54) is 19.3 Å². The van der Waals surface area contributed by atoms with Crippen molar-refractivity contribution in [1.82, 2.24) is 4.90 Å². The van der Waals surface area contributed by atoms with Crippen molar-refractivity contribution in [2.45, 2.75) is 25.4 Å². The van der Waals surface area contributed by atoms with Gasteiger partial charge in [0.1, 0.15) is 12.4 Å². The van der Waals surface area contributed by atoms with E-state index in [9.17, 15) is 5.11 Å². The van der Waals surface area contributed by atoms with Crippen molar-refractivity contribution in [3.63, 3.8) is 0 Å². The zero-order valence-corrected chi connectivity index (χ0v) is 13.1. The third-order valence-corrected chi connectivity index (χ3v) is 3.79. The van der Waals surface area contributed by atoms with Crippen molar-refractivity contribution in [2.24, 2.45) is 0 Å². The number of rotatable bonds is 8. The maximum absolute atomic E-state index is 9.93. The van der Waals surface area contributed by atoms with E-state index >= 15 is 0 Å². The van der Waals surface area contributed by atoms with E-state index in [1.807, 2.05) is 12.1 Å². The summed E-state index contributed by atoms with van der Waals surface area (Å²) in [5, 5.41) is 10.6. The molecular weight excluding hydrogens is 290 g/mol. The Morgan fingerprint density at radius 2 is 1.81 bits per heavy atom. The number of aliphatic hydroxyl groups is 1. The van der Waals surface area contributed by atoms with Crippen LogP contribution in [0.5, 0.6) is 5.75 Å². The number of hydrogen-bond donors (Lipinski definition) is 1. The van der Waals surface area contributed by atoms with Crippen molar-refractivity contribution in [3.8, 4) is 5.75 Å². The van der Waals surface area contributed by atoms with Gasteiger partial charge in [0.15, 0.2) is 0 Å². The fraction of sp³-hybridized carbons (Fsp3) is 0.625. The van der Waals surface area contributed by atoms with E-state index in [1.54, 1.807) is 12.1 Å². The van der Waals surface area contributed by atoms with Crippen molar-refractivity contribution in [1.29, 1.82) is 0 Å². The molecule has 1 aliphatic rings. The third-order valence-electron chi connectivity index (χ3n) is 3.54. The Labute approximate surface area is 131 Å². The molecule has 1 aromatic carbocycles. The van der Waals surface area contributed by atoms with Gasteiger partial charge in [0.2, 0.25) is 0 Å². The molecule has 0 bridgehead atoms. The lowest BCUT2D eigenvalue weighted by Gasteiger charge is -2.28. The van der Waals surface area contributed by atoms with Crippen molar-refractivity contribution >= 4 is 11.6 Å². The SMILES string of the molecule is O[C@@H](COCCOc1ccc(Cl)cc1)CN1CCCCC1. The summed E-state index contributed by atoms with van der Waals surface area (Å²) in [4.78, 5) is 2.31. The summed E-state index contributed by atoms with van der Waals surface area (Å²) in [6.07, 6.45) is 3.37. The van der Waals surface area contributed by atoms with Gasteiger partial charge >= 0.3 is 0 Å². The van der Waals surface area contributed by atoms with Crippen LogP contribution in [-0.2, 0) is 4.74 Å². The smallest absolute Gasteiger partial charge is 0.119 e. The van der Waals surface area contributed by atoms with Crippen LogP contribution in [0.1, 0.15) is 19.3 Å². The Hall–Kier alpha value is -0.810. The molecule has 0 aliphatic carbocycles. The van der Waals surface area contributed by atoms with Gasteiger partial charge in [0.25, 0.3) is 0 Å². The van der Waals surface area contributed by atoms with Crippen molar-refractivity contribution < 1.29 is 14.6 Å². The highest BCUT2D eigenvalue weighted by Crippen LogP contribution is 2.15. The normalized spacial score (nSPS) is 17.6. The first-order valence-electron chi connectivity index (χ1n) is 7.60. The molecule has 1 N–H and O–H groups in total. The minimum atomic E-state index is -0.418. The minimum absolute atomic E-state index is 0.362. The summed E-state index contributed by atoms with van der Waals surface area (Å²) in [5.41, 5.74) is 0. The van der Waals surface area contributed by atoms with Gasteiger partial charge in [-0.15, -0.1) is 0 Å². The van der Waals surface area contributed by atoms with Crippen LogP contribution in [0.4, 0.5) is 0 Å². The molecule has 0 amide bonds. The Kier molecular flexibility index (Phi) is 7.30. The minimum Gasteiger partial charge on any atom is -0.491 e. The lowest BCUT2D eigenvalue weighted by atomic mass is 10.1. The first-order valence-corrected chi connectivity index (χ1v) is 7.98. The van der Waals surface area contributed by atoms with Crippen LogP contribution < -0.4 is 4.74 Å². The summed E-state index contributed by atoms with van der Waals surface area (Å²) in [6, 6.07) is 7.24. The molecule has 1 aromatic rings. The van der Waals surface area contributed by atoms with Gasteiger partial charge in [-0.1, -0.05) is 18.0 Å². The Morgan fingerprint density at radius 3 is 2.52 bits per heavy atom. The molecule has 0 unspecified atom stereocenters. The monoisotopic (exact) mass is 313 g/mol. The number of halogens is 1. The first-order chi connectivity index (χ1) is 10.2. The molecule has 21 heavy (non-hydrogen) atoms. The predicted molar refractivity (Wildman–Crippen MR) is 84.1 cm³/mol. The van der Waals surface area contributed by atoms with Crippen LogP contribution in [0.25, 0.3) is 0 Å². The zero-order chi connectivity index (χ0) is 14.9. The molecule has 0 aromatic heterocycles. The van der Waals surface area contributed by atoms with Gasteiger partial charge in [-0.2, -0.15) is 0 Å². The second kappa shape index (κ2) is 9.26. The largest absolute Gasteiger partial charge is 0.491 e. The fourth-order valence-corrected chi connectivity index (χ4v) is 2.59. The summed E-state index contributed by atoms with van der Waals surface area (Å²) in [7, 11) is 0. The highest BCUT2D eigenvalue weighted by molar-refractivity contribution is 6.30. The molecule has 1 fully saturated rings. The number of nitrogens with zero attached hydrogens (tertiary/aromatic N) is 1. The number of aliphatic hydroxyl groups excluding tert-OH is 1. The average molecular weight is 314 g/mol. The summed E-state index contributed by atoms with van der Waals surface area (Å²) in [6.45, 7) is 4.20. The molecule has 1 atom stereocenters. The highest BCUT2D eigenvalue weighted by atomic mass is 35.5. The van der Waals surface area contributed by atoms with Crippen molar-refractivity contribution in [2.75, 3.05) is 39.5 Å². The Bertz CT molecular complexity index is 393. The number of likely N-dealkylation sites (tertiary alicyclic amines) is 1. The quantitative estimate of drug-likeness (QED) is 0.749. The van der Waals surface area contributed by atoms with Gasteiger partial charge < -0.3 is 19.5 Å². The summed E-state index contributed by atoms with van der Waals surface area (Å²) >= 11 is 5.80. The van der Waals surface area contributed by atoms with Crippen LogP contribution in [0.15, 0.2) is 24.3 Å². The maximum atomic E-state index is 9.93. The van der Waals surface area contributed by atoms with Crippen molar-refractivity contribution in [3.05, 3.63) is 29.3 Å². The topological polar surface area (TPSA) is 41.9 Å². The van der Waals surface area contributed by atoms with Gasteiger partial charge in [-0.05, 0) is 50.2 Å². The van der Waals surface area contributed by atoms with E-state index in [4.69, 9.17) is 21.1 Å². The summed E-state index contributed by atoms with van der Waals surface area (Å²) in [5.74, 6) is 0.775.